The molecule has 0 aliphatic heterocycles. The van der Waals surface area contributed by atoms with Crippen molar-refractivity contribution in [1.29, 1.82) is 0 Å². The van der Waals surface area contributed by atoms with E-state index in [2.05, 4.69) is 79.9 Å². The number of phosphoric acid groups is 1. The molecule has 0 fully saturated rings. The zero-order chi connectivity index (χ0) is 53.5. The Labute approximate surface area is 452 Å². The maximum absolute atomic E-state index is 12.9. The molecule has 0 aromatic heterocycles. The largest absolute Gasteiger partial charge is 0.472 e. The molecule has 0 saturated carbocycles. The van der Waals surface area contributed by atoms with Crippen LogP contribution in [0.3, 0.4) is 0 Å². The summed E-state index contributed by atoms with van der Waals surface area (Å²) in [6.07, 6.45) is 77.3. The van der Waals surface area contributed by atoms with Gasteiger partial charge in [0, 0.05) is 6.42 Å². The molecule has 0 aliphatic rings. The van der Waals surface area contributed by atoms with Gasteiger partial charge < -0.3 is 19.8 Å². The van der Waals surface area contributed by atoms with Crippen LogP contribution in [0.4, 0.5) is 0 Å². The normalized spacial score (nSPS) is 14.5. The summed E-state index contributed by atoms with van der Waals surface area (Å²) in [4.78, 5) is 23.3. The number of likely N-dealkylation sites (N-methyl/N-ethyl adjacent to an activating group) is 1. The smallest absolute Gasteiger partial charge is 0.387 e. The standard InChI is InChI=1S/C64H117N2O6P/c1-6-8-10-12-14-16-18-20-22-24-26-27-28-29-30-31-32-33-34-35-36-37-38-40-41-43-45-47-49-51-53-55-57-63(67)62(61-72-73(69,70)71-60-59-66(3,4)5)65-64(68)58-56-54-52-50-48-46-44-42-39-25-23-21-19-17-15-13-11-9-7-2/h9,11,15,17,21,23,39,42,46,48,52,54-55,57,62-63,67H,6-8,10,12-14,16,18-20,22,24-38,40-41,43-45,47,49-51,53,56,58-61H2,1-5H3,(H-,65,68,69,70)/p+1/b11-9-,17-15-,23-21-,42-39-,48-46-,54-52-,57-55+. The summed E-state index contributed by atoms with van der Waals surface area (Å²) in [5.41, 5.74) is 0. The highest BCUT2D eigenvalue weighted by Crippen LogP contribution is 2.43. The van der Waals surface area contributed by atoms with Crippen molar-refractivity contribution >= 4 is 13.7 Å². The van der Waals surface area contributed by atoms with Gasteiger partial charge in [0.1, 0.15) is 13.2 Å². The molecule has 3 atom stereocenters. The van der Waals surface area contributed by atoms with E-state index in [4.69, 9.17) is 9.05 Å². The highest BCUT2D eigenvalue weighted by Gasteiger charge is 2.27. The minimum absolute atomic E-state index is 0.0441. The lowest BCUT2D eigenvalue weighted by molar-refractivity contribution is -0.870. The SMILES string of the molecule is CC/C=C\C/C=C\C/C=C\C/C=C\C/C=C\C/C=C\CCC(=O)NC(COP(=O)(O)OCC[N+](C)(C)C)C(O)/C=C/CCCCCCCCCCCCCCCCCCCCCCCCCCCCCCCC. The average Bonchev–Trinajstić information content (AvgIpc) is 3.35. The lowest BCUT2D eigenvalue weighted by Gasteiger charge is -2.25. The zero-order valence-electron chi connectivity index (χ0n) is 48.4. The van der Waals surface area contributed by atoms with Gasteiger partial charge in [-0.25, -0.2) is 4.57 Å². The second-order valence-corrected chi connectivity index (χ2v) is 23.2. The number of nitrogens with one attached hydrogen (secondary N) is 1. The van der Waals surface area contributed by atoms with E-state index in [1.54, 1.807) is 6.08 Å². The van der Waals surface area contributed by atoms with Crippen molar-refractivity contribution < 1.29 is 32.9 Å². The quantitative estimate of drug-likeness (QED) is 0.0243. The first kappa shape index (κ1) is 70.7. The molecule has 73 heavy (non-hydrogen) atoms. The van der Waals surface area contributed by atoms with Crippen LogP contribution >= 0.6 is 7.82 Å². The summed E-state index contributed by atoms with van der Waals surface area (Å²) < 4.78 is 23.7. The minimum Gasteiger partial charge on any atom is -0.387 e. The van der Waals surface area contributed by atoms with E-state index >= 15 is 0 Å². The van der Waals surface area contributed by atoms with Gasteiger partial charge >= 0.3 is 7.82 Å². The number of hydrogen-bond acceptors (Lipinski definition) is 5. The third kappa shape index (κ3) is 57.2. The predicted molar refractivity (Wildman–Crippen MR) is 318 cm³/mol. The van der Waals surface area contributed by atoms with Crippen LogP contribution in [0.25, 0.3) is 0 Å². The van der Waals surface area contributed by atoms with Crippen molar-refractivity contribution in [3.63, 3.8) is 0 Å². The van der Waals surface area contributed by atoms with Gasteiger partial charge in [-0.05, 0) is 57.8 Å². The fourth-order valence-corrected chi connectivity index (χ4v) is 9.39. The van der Waals surface area contributed by atoms with E-state index in [-0.39, 0.29) is 25.5 Å². The molecule has 0 saturated heterocycles. The van der Waals surface area contributed by atoms with Crippen molar-refractivity contribution in [2.75, 3.05) is 40.9 Å². The van der Waals surface area contributed by atoms with Gasteiger partial charge in [0.25, 0.3) is 0 Å². The number of aliphatic hydroxyl groups is 1. The highest BCUT2D eigenvalue weighted by atomic mass is 31.2. The number of carbonyl (C=O) groups excluding carboxylic acids is 1. The Kier molecular flexibility index (Phi) is 52.7. The van der Waals surface area contributed by atoms with Crippen molar-refractivity contribution in [3.8, 4) is 0 Å². The lowest BCUT2D eigenvalue weighted by atomic mass is 10.0. The predicted octanol–water partition coefficient (Wildman–Crippen LogP) is 18.8. The molecule has 3 unspecified atom stereocenters. The van der Waals surface area contributed by atoms with Crippen molar-refractivity contribution in [1.82, 2.24) is 5.32 Å². The first-order valence-electron chi connectivity index (χ1n) is 30.5. The topological polar surface area (TPSA) is 105 Å². The van der Waals surface area contributed by atoms with Crippen LogP contribution < -0.4 is 5.32 Å². The van der Waals surface area contributed by atoms with Gasteiger partial charge in [-0.1, -0.05) is 285 Å². The van der Waals surface area contributed by atoms with Crippen LogP contribution in [-0.4, -0.2) is 73.4 Å². The fraction of sp³-hybridized carbons (Fsp3) is 0.766. The number of quaternary nitrogens is 1. The van der Waals surface area contributed by atoms with Crippen molar-refractivity contribution in [3.05, 3.63) is 85.1 Å². The summed E-state index contributed by atoms with van der Waals surface area (Å²) in [5, 5.41) is 13.9. The molecule has 0 aromatic carbocycles. The number of phosphoric ester groups is 1. The Morgan fingerprint density at radius 2 is 0.822 bits per heavy atom. The van der Waals surface area contributed by atoms with Gasteiger partial charge in [0.15, 0.2) is 0 Å². The maximum atomic E-state index is 12.9. The number of allylic oxidation sites excluding steroid dienone is 13. The summed E-state index contributed by atoms with van der Waals surface area (Å²) in [5.74, 6) is -0.259. The van der Waals surface area contributed by atoms with Crippen molar-refractivity contribution in [2.24, 2.45) is 0 Å². The Morgan fingerprint density at radius 1 is 0.479 bits per heavy atom. The second kappa shape index (κ2) is 54.5. The number of carbonyl (C=O) groups is 1. The molecular weight excluding hydrogens is 924 g/mol. The Morgan fingerprint density at radius 3 is 1.18 bits per heavy atom. The monoisotopic (exact) mass is 1040 g/mol. The number of rotatable bonds is 55. The van der Waals surface area contributed by atoms with Crippen LogP contribution in [0, 0.1) is 0 Å². The summed E-state index contributed by atoms with van der Waals surface area (Å²) in [6, 6.07) is -0.894. The van der Waals surface area contributed by atoms with Gasteiger partial charge in [-0.2, -0.15) is 0 Å². The van der Waals surface area contributed by atoms with Gasteiger partial charge in [-0.15, -0.1) is 0 Å². The van der Waals surface area contributed by atoms with Crippen LogP contribution in [0.15, 0.2) is 85.1 Å². The zero-order valence-corrected chi connectivity index (χ0v) is 49.3. The maximum Gasteiger partial charge on any atom is 0.472 e. The molecular formula is C64H118N2O6P+. The Hall–Kier alpha value is -2.32. The molecule has 0 aliphatic carbocycles. The molecule has 8 nitrogen and oxygen atoms in total. The van der Waals surface area contributed by atoms with Crippen LogP contribution in [0.2, 0.25) is 0 Å². The van der Waals surface area contributed by atoms with Gasteiger partial charge in [0.05, 0.1) is 39.9 Å². The summed E-state index contributed by atoms with van der Waals surface area (Å²) in [7, 11) is 1.52. The first-order valence-corrected chi connectivity index (χ1v) is 32.0. The van der Waals surface area contributed by atoms with Crippen LogP contribution in [0.1, 0.15) is 264 Å². The molecule has 0 heterocycles. The molecule has 0 spiro atoms. The molecule has 0 bridgehead atoms. The van der Waals surface area contributed by atoms with E-state index < -0.39 is 20.0 Å². The van der Waals surface area contributed by atoms with E-state index in [1.165, 1.54) is 180 Å². The van der Waals surface area contributed by atoms with E-state index in [9.17, 15) is 19.4 Å². The fourth-order valence-electron chi connectivity index (χ4n) is 8.66. The number of unbranched alkanes of at least 4 members (excludes halogenated alkanes) is 30. The Bertz CT molecular complexity index is 1460. The molecule has 0 aromatic rings. The summed E-state index contributed by atoms with van der Waals surface area (Å²) in [6.45, 7) is 4.66. The van der Waals surface area contributed by atoms with E-state index in [0.717, 1.165) is 57.8 Å². The van der Waals surface area contributed by atoms with Crippen LogP contribution in [-0.2, 0) is 18.4 Å². The molecule has 1 amide bonds. The highest BCUT2D eigenvalue weighted by molar-refractivity contribution is 7.47. The van der Waals surface area contributed by atoms with E-state index in [0.29, 0.717) is 17.4 Å². The third-order valence-corrected chi connectivity index (χ3v) is 14.4. The number of hydrogen-bond donors (Lipinski definition) is 3. The molecule has 0 radical (unpaired) electrons. The molecule has 0 rings (SSSR count). The van der Waals surface area contributed by atoms with Gasteiger partial charge in [0.2, 0.25) is 5.91 Å². The molecule has 9 heteroatoms. The second-order valence-electron chi connectivity index (χ2n) is 21.7. The number of aliphatic hydroxyl groups excluding tert-OH is 1. The van der Waals surface area contributed by atoms with Crippen molar-refractivity contribution in [2.45, 2.75) is 276 Å². The van der Waals surface area contributed by atoms with Crippen LogP contribution in [0.5, 0.6) is 0 Å². The molecule has 424 valence electrons. The Balaban J connectivity index is 4.19. The van der Waals surface area contributed by atoms with E-state index in [1.807, 2.05) is 39.4 Å². The number of amides is 1. The average molecular weight is 1040 g/mol. The number of nitrogens with zero attached hydrogens (tertiary/aromatic N) is 1. The molecule has 3 N–H and O–H groups in total. The van der Waals surface area contributed by atoms with Gasteiger partial charge in [-0.3, -0.25) is 13.8 Å². The summed E-state index contributed by atoms with van der Waals surface area (Å²) >= 11 is 0. The third-order valence-electron chi connectivity index (χ3n) is 13.4. The minimum atomic E-state index is -4.37. The first-order chi connectivity index (χ1) is 35.5. The lowest BCUT2D eigenvalue weighted by Crippen LogP contribution is -2.45.